The van der Waals surface area contributed by atoms with Gasteiger partial charge in [-0.3, -0.25) is 4.98 Å². The fourth-order valence-electron chi connectivity index (χ4n) is 3.80. The Balaban J connectivity index is 1.56. The molecule has 2 aromatic carbocycles. The average Bonchev–Trinajstić information content (AvgIpc) is 3.36. The van der Waals surface area contributed by atoms with Crippen molar-refractivity contribution < 1.29 is 13.2 Å². The molecule has 5 rings (SSSR count). The largest absolute Gasteiger partial charge is 0.377 e. The third kappa shape index (κ3) is 3.27. The molecule has 1 aliphatic heterocycles. The Morgan fingerprint density at radius 1 is 1.10 bits per heavy atom. The van der Waals surface area contributed by atoms with Crippen LogP contribution in [-0.2, 0) is 14.6 Å². The van der Waals surface area contributed by atoms with Gasteiger partial charge in [-0.1, -0.05) is 0 Å². The second kappa shape index (κ2) is 7.05. The first-order valence-corrected chi connectivity index (χ1v) is 11.8. The number of rotatable bonds is 4. The smallest absolute Gasteiger partial charge is 0.183 e. The van der Waals surface area contributed by atoms with E-state index in [1.165, 1.54) is 0 Å². The van der Waals surface area contributed by atoms with E-state index in [9.17, 15) is 8.42 Å². The van der Waals surface area contributed by atoms with Crippen LogP contribution in [0.15, 0.2) is 59.1 Å². The van der Waals surface area contributed by atoms with Crippen molar-refractivity contribution in [1.29, 1.82) is 0 Å². The number of anilines is 2. The predicted molar refractivity (Wildman–Crippen MR) is 116 cm³/mol. The molecule has 2 aromatic heterocycles. The third-order valence-corrected chi connectivity index (χ3v) is 8.49. The molecule has 0 bridgehead atoms. The number of benzene rings is 2. The first kappa shape index (κ1) is 18.5. The minimum absolute atomic E-state index is 0.299. The topological polar surface area (TPSA) is 81.2 Å². The van der Waals surface area contributed by atoms with Gasteiger partial charge in [0.1, 0.15) is 0 Å². The molecule has 29 heavy (non-hydrogen) atoms. The molecule has 0 spiro atoms. The van der Waals surface area contributed by atoms with Gasteiger partial charge in [0.25, 0.3) is 0 Å². The third-order valence-electron chi connectivity index (χ3n) is 5.36. The molecule has 0 amide bonds. The summed E-state index contributed by atoms with van der Waals surface area (Å²) in [5.41, 5.74) is 5.18. The van der Waals surface area contributed by atoms with Crippen molar-refractivity contribution in [2.75, 3.05) is 11.9 Å². The zero-order chi connectivity index (χ0) is 20.0. The van der Waals surface area contributed by atoms with Crippen LogP contribution in [-0.4, -0.2) is 36.3 Å². The van der Waals surface area contributed by atoms with Gasteiger partial charge in [-0.2, -0.15) is 0 Å². The number of hydrogen-bond donors (Lipinski definition) is 1. The van der Waals surface area contributed by atoms with Crippen molar-refractivity contribution >= 4 is 53.7 Å². The molecule has 1 N–H and O–H groups in total. The Morgan fingerprint density at radius 3 is 2.83 bits per heavy atom. The number of aromatic nitrogens is 2. The summed E-state index contributed by atoms with van der Waals surface area (Å²) in [6.07, 6.45) is 1.94. The maximum atomic E-state index is 13.1. The molecule has 148 valence electrons. The summed E-state index contributed by atoms with van der Waals surface area (Å²) in [6.45, 7) is 2.30. The lowest BCUT2D eigenvalue weighted by Crippen LogP contribution is -2.28. The van der Waals surface area contributed by atoms with E-state index in [1.807, 2.05) is 36.7 Å². The van der Waals surface area contributed by atoms with E-state index in [2.05, 4.69) is 15.3 Å². The van der Waals surface area contributed by atoms with Crippen LogP contribution in [0.4, 0.5) is 11.4 Å². The van der Waals surface area contributed by atoms with Crippen molar-refractivity contribution in [3.8, 4) is 0 Å². The lowest BCUT2D eigenvalue weighted by molar-refractivity contribution is 0.126. The van der Waals surface area contributed by atoms with Crippen LogP contribution in [0.3, 0.4) is 0 Å². The molecule has 1 fully saturated rings. The molecular weight excluding hydrogens is 406 g/mol. The van der Waals surface area contributed by atoms with Gasteiger partial charge in [0.15, 0.2) is 9.84 Å². The number of nitrogens with one attached hydrogen (secondary N) is 1. The molecule has 2 unspecified atom stereocenters. The van der Waals surface area contributed by atoms with Gasteiger partial charge >= 0.3 is 0 Å². The van der Waals surface area contributed by atoms with Gasteiger partial charge in [0.05, 0.1) is 37.5 Å². The van der Waals surface area contributed by atoms with Crippen LogP contribution in [0.25, 0.3) is 21.1 Å². The van der Waals surface area contributed by atoms with Crippen LogP contribution >= 0.6 is 11.3 Å². The van der Waals surface area contributed by atoms with E-state index in [0.717, 1.165) is 32.5 Å². The zero-order valence-corrected chi connectivity index (χ0v) is 17.3. The lowest BCUT2D eigenvalue weighted by atomic mass is 10.2. The van der Waals surface area contributed by atoms with Gasteiger partial charge in [-0.25, -0.2) is 13.4 Å². The van der Waals surface area contributed by atoms with Crippen molar-refractivity contribution in [2.45, 2.75) is 29.6 Å². The molecule has 0 radical (unpaired) electrons. The highest BCUT2D eigenvalue weighted by atomic mass is 32.2. The van der Waals surface area contributed by atoms with Gasteiger partial charge in [0.2, 0.25) is 0 Å². The van der Waals surface area contributed by atoms with Gasteiger partial charge < -0.3 is 10.1 Å². The molecule has 0 aliphatic carbocycles. The fraction of sp³-hybridized carbons (Fsp3) is 0.238. The van der Waals surface area contributed by atoms with Gasteiger partial charge in [-0.05, 0) is 55.8 Å². The summed E-state index contributed by atoms with van der Waals surface area (Å²) < 4.78 is 32.9. The minimum atomic E-state index is -3.48. The molecule has 8 heteroatoms. The summed E-state index contributed by atoms with van der Waals surface area (Å²) in [7, 11) is -3.48. The van der Waals surface area contributed by atoms with Crippen LogP contribution in [0, 0.1) is 0 Å². The van der Waals surface area contributed by atoms with E-state index in [4.69, 9.17) is 4.74 Å². The van der Waals surface area contributed by atoms with E-state index in [0.29, 0.717) is 17.9 Å². The van der Waals surface area contributed by atoms with E-state index >= 15 is 0 Å². The highest BCUT2D eigenvalue weighted by molar-refractivity contribution is 7.92. The Morgan fingerprint density at radius 2 is 2.00 bits per heavy atom. The summed E-state index contributed by atoms with van der Waals surface area (Å²) in [5.74, 6) is 0. The first-order chi connectivity index (χ1) is 14.0. The SMILES string of the molecule is CC1OCCC1S(=O)(=O)c1ccc2nccc(Nc3ccc4scnc4c3)c2c1. The predicted octanol–water partition coefficient (Wildman–Crippen LogP) is 4.54. The first-order valence-electron chi connectivity index (χ1n) is 9.37. The van der Waals surface area contributed by atoms with Crippen LogP contribution in [0.1, 0.15) is 13.3 Å². The molecule has 2 atom stereocenters. The highest BCUT2D eigenvalue weighted by Gasteiger charge is 2.37. The van der Waals surface area contributed by atoms with Crippen molar-refractivity contribution in [2.24, 2.45) is 0 Å². The number of hydrogen-bond acceptors (Lipinski definition) is 7. The summed E-state index contributed by atoms with van der Waals surface area (Å²) in [6, 6.07) is 13.0. The highest BCUT2D eigenvalue weighted by Crippen LogP contribution is 2.32. The quantitative estimate of drug-likeness (QED) is 0.517. The monoisotopic (exact) mass is 425 g/mol. The normalized spacial score (nSPS) is 19.8. The van der Waals surface area contributed by atoms with Crippen molar-refractivity contribution in [1.82, 2.24) is 9.97 Å². The molecular formula is C21H19N3O3S2. The molecule has 4 aromatic rings. The lowest BCUT2D eigenvalue weighted by Gasteiger charge is -2.16. The molecule has 3 heterocycles. The second-order valence-corrected chi connectivity index (χ2v) is 10.2. The number of sulfone groups is 1. The fourth-order valence-corrected chi connectivity index (χ4v) is 6.33. The van der Waals surface area contributed by atoms with Crippen molar-refractivity contribution in [3.05, 3.63) is 54.2 Å². The molecule has 1 aliphatic rings. The van der Waals surface area contributed by atoms with Gasteiger partial charge in [0, 0.05) is 29.6 Å². The second-order valence-electron chi connectivity index (χ2n) is 7.15. The van der Waals surface area contributed by atoms with Crippen LogP contribution in [0.2, 0.25) is 0 Å². The van der Waals surface area contributed by atoms with Crippen LogP contribution in [0.5, 0.6) is 0 Å². The Hall–Kier alpha value is -2.55. The van der Waals surface area contributed by atoms with Gasteiger partial charge in [-0.15, -0.1) is 11.3 Å². The van der Waals surface area contributed by atoms with Crippen molar-refractivity contribution in [3.63, 3.8) is 0 Å². The summed E-state index contributed by atoms with van der Waals surface area (Å²) in [4.78, 5) is 9.05. The van der Waals surface area contributed by atoms with E-state index < -0.39 is 15.1 Å². The van der Waals surface area contributed by atoms with E-state index in [1.54, 1.807) is 35.7 Å². The molecule has 1 saturated heterocycles. The van der Waals surface area contributed by atoms with Crippen LogP contribution < -0.4 is 5.32 Å². The summed E-state index contributed by atoms with van der Waals surface area (Å²) >= 11 is 1.60. The average molecular weight is 426 g/mol. The molecule has 6 nitrogen and oxygen atoms in total. The molecule has 0 saturated carbocycles. The minimum Gasteiger partial charge on any atom is -0.377 e. The standard InChI is InChI=1S/C21H19N3O3S2/c1-13-21(7-9-27-13)29(25,26)15-3-4-17-16(11-15)18(6-8-22-17)24-14-2-5-20-19(10-14)23-12-28-20/h2-6,8,10-13,21H,7,9H2,1H3,(H,22,24). The number of nitrogens with zero attached hydrogens (tertiary/aromatic N) is 2. The number of ether oxygens (including phenoxy) is 1. The number of thiazole rings is 1. The Kier molecular flexibility index (Phi) is 4.49. The van der Waals surface area contributed by atoms with E-state index in [-0.39, 0.29) is 6.10 Å². The zero-order valence-electron chi connectivity index (χ0n) is 15.7. The maximum Gasteiger partial charge on any atom is 0.183 e. The Labute approximate surface area is 172 Å². The Bertz CT molecular complexity index is 1320. The number of fused-ring (bicyclic) bond motifs is 2. The summed E-state index contributed by atoms with van der Waals surface area (Å²) in [5, 5.41) is 3.64. The maximum absolute atomic E-state index is 13.1. The number of pyridine rings is 1.